The second kappa shape index (κ2) is 6.48. The molecule has 0 fully saturated rings. The molecule has 0 spiro atoms. The second-order valence-corrected chi connectivity index (χ2v) is 7.09. The van der Waals surface area contributed by atoms with E-state index in [1.807, 2.05) is 0 Å². The third kappa shape index (κ3) is 3.65. The standard InChI is InChI=1S/C16H15FN2O4S/c17-12-4-6-13(7-5-12)23-8-9-24(21,22)19-14-3-1-2-11-10-18-16(20)15(11)14/h1-7,19H,8-10H2,(H,18,20). The molecule has 0 unspecified atom stereocenters. The van der Waals surface area contributed by atoms with Gasteiger partial charge in [0.05, 0.1) is 11.3 Å². The van der Waals surface area contributed by atoms with Crippen molar-refractivity contribution >= 4 is 21.6 Å². The third-order valence-electron chi connectivity index (χ3n) is 3.52. The van der Waals surface area contributed by atoms with Gasteiger partial charge in [0, 0.05) is 6.54 Å². The number of amides is 1. The number of anilines is 1. The lowest BCUT2D eigenvalue weighted by atomic mass is 10.1. The summed E-state index contributed by atoms with van der Waals surface area (Å²) in [5.74, 6) is -0.611. The number of carbonyl (C=O) groups is 1. The molecule has 2 aromatic carbocycles. The molecule has 1 aliphatic rings. The molecule has 1 aliphatic heterocycles. The van der Waals surface area contributed by atoms with Crippen molar-refractivity contribution in [2.75, 3.05) is 17.1 Å². The van der Waals surface area contributed by atoms with Gasteiger partial charge in [-0.1, -0.05) is 12.1 Å². The predicted molar refractivity (Wildman–Crippen MR) is 86.9 cm³/mol. The fourth-order valence-electron chi connectivity index (χ4n) is 2.38. The summed E-state index contributed by atoms with van der Waals surface area (Å²) in [6.45, 7) is 0.291. The largest absolute Gasteiger partial charge is 0.492 e. The SMILES string of the molecule is O=C1NCc2cccc(NS(=O)(=O)CCOc3ccc(F)cc3)c21. The minimum atomic E-state index is -3.69. The van der Waals surface area contributed by atoms with Crippen LogP contribution < -0.4 is 14.8 Å². The highest BCUT2D eigenvalue weighted by Crippen LogP contribution is 2.25. The summed E-state index contributed by atoms with van der Waals surface area (Å²) >= 11 is 0. The monoisotopic (exact) mass is 350 g/mol. The lowest BCUT2D eigenvalue weighted by Gasteiger charge is -2.11. The molecule has 2 N–H and O–H groups in total. The number of ether oxygens (including phenoxy) is 1. The number of hydrogen-bond donors (Lipinski definition) is 2. The summed E-state index contributed by atoms with van der Waals surface area (Å²) in [7, 11) is -3.69. The van der Waals surface area contributed by atoms with E-state index in [-0.39, 0.29) is 24.0 Å². The number of fused-ring (bicyclic) bond motifs is 1. The Hall–Kier alpha value is -2.61. The Labute approximate surface area is 138 Å². The fourth-order valence-corrected chi connectivity index (χ4v) is 3.29. The molecule has 0 aliphatic carbocycles. The predicted octanol–water partition coefficient (Wildman–Crippen LogP) is 1.89. The minimum absolute atomic E-state index is 0.0951. The number of nitrogens with one attached hydrogen (secondary N) is 2. The molecule has 24 heavy (non-hydrogen) atoms. The van der Waals surface area contributed by atoms with E-state index >= 15 is 0 Å². The number of hydrogen-bond acceptors (Lipinski definition) is 4. The third-order valence-corrected chi connectivity index (χ3v) is 4.75. The summed E-state index contributed by atoms with van der Waals surface area (Å²) in [5, 5.41) is 2.65. The molecule has 126 valence electrons. The molecule has 2 aromatic rings. The Bertz CT molecular complexity index is 866. The summed E-state index contributed by atoms with van der Waals surface area (Å²) < 4.78 is 44.8. The lowest BCUT2D eigenvalue weighted by Crippen LogP contribution is -2.23. The van der Waals surface area contributed by atoms with Crippen LogP contribution in [-0.4, -0.2) is 26.7 Å². The Balaban J connectivity index is 1.64. The van der Waals surface area contributed by atoms with Crippen LogP contribution in [0.4, 0.5) is 10.1 Å². The van der Waals surface area contributed by atoms with Gasteiger partial charge in [0.2, 0.25) is 10.0 Å². The smallest absolute Gasteiger partial charge is 0.254 e. The molecule has 0 atom stereocenters. The van der Waals surface area contributed by atoms with Gasteiger partial charge >= 0.3 is 0 Å². The molecule has 0 saturated carbocycles. The van der Waals surface area contributed by atoms with Gasteiger partial charge in [-0.15, -0.1) is 0 Å². The van der Waals surface area contributed by atoms with Crippen LogP contribution >= 0.6 is 0 Å². The number of rotatable bonds is 6. The highest BCUT2D eigenvalue weighted by Gasteiger charge is 2.24. The quantitative estimate of drug-likeness (QED) is 0.833. The maximum Gasteiger partial charge on any atom is 0.254 e. The normalized spacial score (nSPS) is 13.3. The summed E-state index contributed by atoms with van der Waals surface area (Å²) in [6, 6.07) is 10.3. The van der Waals surface area contributed by atoms with Crippen molar-refractivity contribution in [3.05, 3.63) is 59.4 Å². The van der Waals surface area contributed by atoms with E-state index in [9.17, 15) is 17.6 Å². The van der Waals surface area contributed by atoms with Crippen molar-refractivity contribution in [2.45, 2.75) is 6.54 Å². The Morgan fingerprint density at radius 2 is 1.92 bits per heavy atom. The van der Waals surface area contributed by atoms with Crippen molar-refractivity contribution < 1.29 is 22.3 Å². The van der Waals surface area contributed by atoms with Gasteiger partial charge in [0.1, 0.15) is 23.9 Å². The van der Waals surface area contributed by atoms with Crippen LogP contribution in [0.15, 0.2) is 42.5 Å². The van der Waals surface area contributed by atoms with Crippen molar-refractivity contribution in [1.82, 2.24) is 5.32 Å². The molecule has 6 nitrogen and oxygen atoms in total. The van der Waals surface area contributed by atoms with E-state index in [1.54, 1.807) is 18.2 Å². The highest BCUT2D eigenvalue weighted by molar-refractivity contribution is 7.92. The first-order chi connectivity index (χ1) is 11.4. The van der Waals surface area contributed by atoms with Gasteiger partial charge in [0.15, 0.2) is 0 Å². The first-order valence-electron chi connectivity index (χ1n) is 7.23. The van der Waals surface area contributed by atoms with Gasteiger partial charge in [0.25, 0.3) is 5.91 Å². The first kappa shape index (κ1) is 16.3. The van der Waals surface area contributed by atoms with Crippen LogP contribution in [0, 0.1) is 5.82 Å². The summed E-state index contributed by atoms with van der Waals surface area (Å²) in [6.07, 6.45) is 0. The van der Waals surface area contributed by atoms with Crippen LogP contribution in [0.3, 0.4) is 0 Å². The van der Waals surface area contributed by atoms with Crippen molar-refractivity contribution in [3.63, 3.8) is 0 Å². The second-order valence-electron chi connectivity index (χ2n) is 5.25. The maximum atomic E-state index is 12.8. The number of halogens is 1. The van der Waals surface area contributed by atoms with Crippen LogP contribution in [0.2, 0.25) is 0 Å². The van der Waals surface area contributed by atoms with Gasteiger partial charge in [-0.2, -0.15) is 0 Å². The van der Waals surface area contributed by atoms with Crippen LogP contribution in [0.1, 0.15) is 15.9 Å². The van der Waals surface area contributed by atoms with Crippen LogP contribution in [-0.2, 0) is 16.6 Å². The minimum Gasteiger partial charge on any atom is -0.492 e. The van der Waals surface area contributed by atoms with E-state index < -0.39 is 15.8 Å². The van der Waals surface area contributed by atoms with Crippen LogP contribution in [0.25, 0.3) is 0 Å². The number of carbonyl (C=O) groups excluding carboxylic acids is 1. The molecule has 1 amide bonds. The molecule has 0 radical (unpaired) electrons. The van der Waals surface area contributed by atoms with Crippen molar-refractivity contribution in [3.8, 4) is 5.75 Å². The highest BCUT2D eigenvalue weighted by atomic mass is 32.2. The van der Waals surface area contributed by atoms with E-state index in [4.69, 9.17) is 4.74 Å². The van der Waals surface area contributed by atoms with Gasteiger partial charge in [-0.05, 0) is 35.9 Å². The van der Waals surface area contributed by atoms with Crippen molar-refractivity contribution in [2.24, 2.45) is 0 Å². The average molecular weight is 350 g/mol. The molecule has 0 aromatic heterocycles. The van der Waals surface area contributed by atoms with Gasteiger partial charge < -0.3 is 10.1 Å². The summed E-state index contributed by atoms with van der Waals surface area (Å²) in [4.78, 5) is 11.8. The topological polar surface area (TPSA) is 84.5 Å². The zero-order valence-corrected chi connectivity index (χ0v) is 13.4. The summed E-state index contributed by atoms with van der Waals surface area (Å²) in [5.41, 5.74) is 1.35. The van der Waals surface area contributed by atoms with Crippen molar-refractivity contribution in [1.29, 1.82) is 0 Å². The lowest BCUT2D eigenvalue weighted by molar-refractivity contribution is 0.0966. The number of benzene rings is 2. The van der Waals surface area contributed by atoms with Crippen LogP contribution in [0.5, 0.6) is 5.75 Å². The van der Waals surface area contributed by atoms with E-state index in [1.165, 1.54) is 24.3 Å². The van der Waals surface area contributed by atoms with E-state index in [0.29, 0.717) is 17.9 Å². The maximum absolute atomic E-state index is 12.8. The van der Waals surface area contributed by atoms with Gasteiger partial charge in [-0.25, -0.2) is 12.8 Å². The molecular weight excluding hydrogens is 335 g/mol. The zero-order valence-electron chi connectivity index (χ0n) is 12.6. The van der Waals surface area contributed by atoms with E-state index in [2.05, 4.69) is 10.0 Å². The Kier molecular flexibility index (Phi) is 4.39. The molecule has 0 bridgehead atoms. The Morgan fingerprint density at radius 3 is 2.67 bits per heavy atom. The average Bonchev–Trinajstić information content (AvgIpc) is 2.91. The zero-order chi connectivity index (χ0) is 17.2. The molecule has 0 saturated heterocycles. The fraction of sp³-hybridized carbons (Fsp3) is 0.188. The molecular formula is C16H15FN2O4S. The molecule has 1 heterocycles. The number of sulfonamides is 1. The Morgan fingerprint density at radius 1 is 1.17 bits per heavy atom. The first-order valence-corrected chi connectivity index (χ1v) is 8.89. The molecule has 3 rings (SSSR count). The van der Waals surface area contributed by atoms with Gasteiger partial charge in [-0.3, -0.25) is 9.52 Å². The molecule has 8 heteroatoms. The van der Waals surface area contributed by atoms with E-state index in [0.717, 1.165) is 5.56 Å².